The first kappa shape index (κ1) is 13.5. The molecule has 2 radical (unpaired) electrons. The topological polar surface area (TPSA) is 27.7 Å². The van der Waals surface area contributed by atoms with Crippen molar-refractivity contribution in [3.63, 3.8) is 0 Å². The molecule has 0 rings (SSSR count). The molecule has 3 nitrogen and oxygen atoms in total. The van der Waals surface area contributed by atoms with Crippen LogP contribution in [0.25, 0.3) is 0 Å². The summed E-state index contributed by atoms with van der Waals surface area (Å²) in [5.74, 6) is 0. The zero-order chi connectivity index (χ0) is 9.23. The fourth-order valence-corrected chi connectivity index (χ4v) is 5.54. The van der Waals surface area contributed by atoms with E-state index in [0.29, 0.717) is 22.9 Å². The van der Waals surface area contributed by atoms with Gasteiger partial charge >= 0.3 is 97.3 Å². The van der Waals surface area contributed by atoms with Gasteiger partial charge in [-0.1, -0.05) is 0 Å². The molecule has 0 amide bonds. The van der Waals surface area contributed by atoms with Gasteiger partial charge in [0.1, 0.15) is 0 Å². The van der Waals surface area contributed by atoms with Gasteiger partial charge in [-0.15, -0.1) is 0 Å². The summed E-state index contributed by atoms with van der Waals surface area (Å²) in [6.07, 6.45) is 1.12. The summed E-state index contributed by atoms with van der Waals surface area (Å²) in [7, 11) is 0. The Morgan fingerprint density at radius 1 is 1.17 bits per heavy atom. The van der Waals surface area contributed by atoms with Crippen molar-refractivity contribution in [3.05, 3.63) is 0 Å². The Hall–Kier alpha value is 1.48. The van der Waals surface area contributed by atoms with Crippen molar-refractivity contribution in [3.8, 4) is 0 Å². The normalized spacial score (nSPS) is 11.0. The second kappa shape index (κ2) is 10.6. The van der Waals surface area contributed by atoms with Crippen molar-refractivity contribution >= 4 is 43.5 Å². The second-order valence-electron chi connectivity index (χ2n) is 2.25. The molecule has 72 valence electrons. The minimum absolute atomic E-state index is 0.647. The Morgan fingerprint density at radius 3 is 2.17 bits per heavy atom. The monoisotopic (exact) mass is 390 g/mol. The molecule has 0 aliphatic heterocycles. The average Bonchev–Trinajstić information content (AvgIpc) is 2.06. The first-order valence-corrected chi connectivity index (χ1v) is 10.3. The van der Waals surface area contributed by atoms with Gasteiger partial charge < -0.3 is 0 Å². The molecule has 0 N–H and O–H groups in total. The minimum atomic E-state index is -1.87. The second-order valence-corrected chi connectivity index (χ2v) is 8.61. The van der Waals surface area contributed by atoms with Crippen LogP contribution in [0, 0.1) is 0 Å². The van der Waals surface area contributed by atoms with Crippen LogP contribution >= 0.6 is 0 Å². The van der Waals surface area contributed by atoms with Crippen LogP contribution in [0.5, 0.6) is 0 Å². The van der Waals surface area contributed by atoms with Crippen molar-refractivity contribution in [2.45, 2.75) is 24.7 Å². The van der Waals surface area contributed by atoms with E-state index < -0.39 is 20.6 Å². The van der Waals surface area contributed by atoms with Crippen LogP contribution in [0.2, 0.25) is 4.44 Å². The fraction of sp³-hybridized carbons (Fsp3) is 1.00. The van der Waals surface area contributed by atoms with E-state index in [1.54, 1.807) is 0 Å². The molecule has 0 aromatic carbocycles. The Kier molecular flexibility index (Phi) is 11.9. The molecule has 0 aliphatic carbocycles. The van der Waals surface area contributed by atoms with E-state index in [2.05, 4.69) is 0 Å². The van der Waals surface area contributed by atoms with Crippen LogP contribution in [-0.2, 0) is 9.22 Å². The van der Waals surface area contributed by atoms with Gasteiger partial charge in [-0.3, -0.25) is 0 Å². The molecule has 0 atom stereocenters. The Bertz CT molecular complexity index is 86.7. The van der Waals surface area contributed by atoms with E-state index in [-0.39, 0.29) is 0 Å². The standard InChI is InChI=1S/C3H6O.2C2H5O.2Sn.2H/c1-2-3-4;2*1-2-3;;;;/h1-3H2;2*2H2,1H3;;;;/q3*-1;+1;+2;;. The van der Waals surface area contributed by atoms with Crippen LogP contribution in [0.1, 0.15) is 20.3 Å². The Labute approximate surface area is 96.6 Å². The van der Waals surface area contributed by atoms with Gasteiger partial charge in [0.05, 0.1) is 0 Å². The summed E-state index contributed by atoms with van der Waals surface area (Å²) in [5.41, 5.74) is 0. The molecule has 0 heterocycles. The van der Waals surface area contributed by atoms with E-state index in [9.17, 15) is 0 Å². The van der Waals surface area contributed by atoms with Crippen molar-refractivity contribution in [1.29, 1.82) is 0 Å². The molecule has 0 bridgehead atoms. The number of rotatable bonds is 8. The molecule has 0 aromatic rings. The summed E-state index contributed by atoms with van der Waals surface area (Å²) < 4.78 is 17.4. The third-order valence-electron chi connectivity index (χ3n) is 1.28. The molecule has 0 aromatic heterocycles. The first-order valence-electron chi connectivity index (χ1n) is 4.33. The molecule has 12 heavy (non-hydrogen) atoms. The van der Waals surface area contributed by atoms with Gasteiger partial charge in [-0.2, -0.15) is 0 Å². The van der Waals surface area contributed by atoms with Crippen molar-refractivity contribution in [2.24, 2.45) is 0 Å². The molecule has 0 fully saturated rings. The zero-order valence-corrected chi connectivity index (χ0v) is 14.9. The van der Waals surface area contributed by atoms with Gasteiger partial charge in [0.15, 0.2) is 0 Å². The van der Waals surface area contributed by atoms with Gasteiger partial charge in [0.2, 0.25) is 0 Å². The predicted octanol–water partition coefficient (Wildman–Crippen LogP) is 0.502. The molecule has 0 saturated heterocycles. The van der Waals surface area contributed by atoms with Crippen LogP contribution < -0.4 is 0 Å². The van der Waals surface area contributed by atoms with E-state index in [1.165, 1.54) is 0 Å². The maximum atomic E-state index is 5.56. The molecular weight excluding hydrogens is 369 g/mol. The molecule has 0 unspecified atom stereocenters. The van der Waals surface area contributed by atoms with Gasteiger partial charge in [0.25, 0.3) is 0 Å². The summed E-state index contributed by atoms with van der Waals surface area (Å²) in [4.78, 5) is 0. The molecule has 0 aliphatic rings. The van der Waals surface area contributed by atoms with Gasteiger partial charge in [0, 0.05) is 0 Å². The van der Waals surface area contributed by atoms with E-state index in [4.69, 9.17) is 9.22 Å². The third kappa shape index (κ3) is 8.09. The van der Waals surface area contributed by atoms with Crippen molar-refractivity contribution in [1.82, 2.24) is 0 Å². The SMILES string of the molecule is CC[O][Sn]([CH2]CC[O][SnH2])[O]CC. The van der Waals surface area contributed by atoms with E-state index in [1.807, 2.05) is 13.8 Å². The molecule has 0 saturated carbocycles. The van der Waals surface area contributed by atoms with Crippen molar-refractivity contribution in [2.75, 3.05) is 19.8 Å². The summed E-state index contributed by atoms with van der Waals surface area (Å²) >= 11 is -1.22. The maximum absolute atomic E-state index is 5.56. The van der Waals surface area contributed by atoms with Crippen LogP contribution in [-0.4, -0.2) is 63.3 Å². The van der Waals surface area contributed by atoms with Gasteiger partial charge in [-0.05, 0) is 0 Å². The third-order valence-corrected chi connectivity index (χ3v) is 7.76. The summed E-state index contributed by atoms with van der Waals surface area (Å²) in [5, 5.41) is 0. The Balaban J connectivity index is 3.34. The summed E-state index contributed by atoms with van der Waals surface area (Å²) in [6, 6.07) is 0. The predicted molar refractivity (Wildman–Crippen MR) is 52.9 cm³/mol. The van der Waals surface area contributed by atoms with E-state index in [0.717, 1.165) is 30.7 Å². The first-order chi connectivity index (χ1) is 5.85. The van der Waals surface area contributed by atoms with Crippen molar-refractivity contribution < 1.29 is 9.22 Å². The molecule has 5 heteroatoms. The number of hydrogen-bond donors (Lipinski definition) is 0. The van der Waals surface area contributed by atoms with Gasteiger partial charge in [-0.25, -0.2) is 0 Å². The Morgan fingerprint density at radius 2 is 1.75 bits per heavy atom. The summed E-state index contributed by atoms with van der Waals surface area (Å²) in [6.45, 7) is 6.57. The van der Waals surface area contributed by atoms with E-state index >= 15 is 0 Å². The fourth-order valence-electron chi connectivity index (χ4n) is 0.827. The quantitative estimate of drug-likeness (QED) is 0.448. The van der Waals surface area contributed by atoms with Crippen LogP contribution in [0.4, 0.5) is 0 Å². The zero-order valence-electron chi connectivity index (χ0n) is 7.97. The average molecular weight is 388 g/mol. The van der Waals surface area contributed by atoms with Crippen LogP contribution in [0.3, 0.4) is 0 Å². The molecule has 0 spiro atoms. The molecular formula is C7H18O3Sn2. The number of hydrogen-bond acceptors (Lipinski definition) is 3. The van der Waals surface area contributed by atoms with Crippen LogP contribution in [0.15, 0.2) is 0 Å².